The Kier molecular flexibility index (Phi) is 4.48. The second-order valence-electron chi connectivity index (χ2n) is 7.49. The maximum absolute atomic E-state index is 3.89. The zero-order chi connectivity index (χ0) is 13.2. The molecule has 1 heterocycles. The van der Waals surface area contributed by atoms with E-state index >= 15 is 0 Å². The fourth-order valence-electron chi connectivity index (χ4n) is 4.18. The predicted molar refractivity (Wildman–Crippen MR) is 81.3 cm³/mol. The Labute approximate surface area is 119 Å². The molecule has 0 aromatic heterocycles. The van der Waals surface area contributed by atoms with Crippen molar-refractivity contribution < 1.29 is 0 Å². The van der Waals surface area contributed by atoms with Crippen molar-refractivity contribution in [3.8, 4) is 0 Å². The Hall–Kier alpha value is -0.0800. The molecule has 4 unspecified atom stereocenters. The van der Waals surface area contributed by atoms with Crippen LogP contribution in [-0.2, 0) is 0 Å². The molecular weight excluding hydrogens is 232 g/mol. The Morgan fingerprint density at radius 3 is 2.42 bits per heavy atom. The second kappa shape index (κ2) is 6.13. The third-order valence-electron chi connectivity index (χ3n) is 6.11. The van der Waals surface area contributed by atoms with Gasteiger partial charge in [-0.3, -0.25) is 4.90 Å². The molecule has 1 aliphatic heterocycles. The van der Waals surface area contributed by atoms with Gasteiger partial charge in [0.2, 0.25) is 0 Å². The van der Waals surface area contributed by atoms with E-state index < -0.39 is 0 Å². The summed E-state index contributed by atoms with van der Waals surface area (Å²) in [6.07, 6.45) is 10.1. The van der Waals surface area contributed by atoms with Gasteiger partial charge in [0.15, 0.2) is 0 Å². The fraction of sp³-hybridized carbons (Fsp3) is 1.00. The number of piperidine rings is 1. The summed E-state index contributed by atoms with van der Waals surface area (Å²) in [5, 5.41) is 3.89. The highest BCUT2D eigenvalue weighted by atomic mass is 15.2. The van der Waals surface area contributed by atoms with Crippen molar-refractivity contribution in [1.29, 1.82) is 0 Å². The van der Waals surface area contributed by atoms with Crippen LogP contribution in [-0.4, -0.2) is 36.6 Å². The number of nitrogens with zero attached hydrogens (tertiary/aromatic N) is 1. The average molecular weight is 264 g/mol. The topological polar surface area (TPSA) is 15.3 Å². The zero-order valence-electron chi connectivity index (χ0n) is 12.9. The van der Waals surface area contributed by atoms with E-state index in [1.807, 2.05) is 0 Å². The van der Waals surface area contributed by atoms with Crippen LogP contribution >= 0.6 is 0 Å². The smallest absolute Gasteiger partial charge is 0.0198 e. The lowest BCUT2D eigenvalue weighted by Crippen LogP contribution is -2.57. The molecule has 0 radical (unpaired) electrons. The average Bonchev–Trinajstić information content (AvgIpc) is 2.35. The van der Waals surface area contributed by atoms with Crippen LogP contribution in [0.25, 0.3) is 0 Å². The van der Waals surface area contributed by atoms with Crippen molar-refractivity contribution in [2.24, 2.45) is 17.8 Å². The van der Waals surface area contributed by atoms with Crippen molar-refractivity contribution in [2.45, 2.75) is 70.9 Å². The summed E-state index contributed by atoms with van der Waals surface area (Å²) in [5.74, 6) is 2.88. The molecule has 2 nitrogen and oxygen atoms in total. The van der Waals surface area contributed by atoms with Gasteiger partial charge in [-0.2, -0.15) is 0 Å². The fourth-order valence-corrected chi connectivity index (χ4v) is 4.18. The number of likely N-dealkylation sites (tertiary alicyclic amines) is 1. The van der Waals surface area contributed by atoms with Gasteiger partial charge < -0.3 is 5.32 Å². The van der Waals surface area contributed by atoms with Gasteiger partial charge in [-0.25, -0.2) is 0 Å². The maximum atomic E-state index is 3.89. The Bertz CT molecular complexity index is 287. The summed E-state index contributed by atoms with van der Waals surface area (Å²) >= 11 is 0. The van der Waals surface area contributed by atoms with Crippen LogP contribution in [0.2, 0.25) is 0 Å². The van der Waals surface area contributed by atoms with Gasteiger partial charge in [-0.1, -0.05) is 26.7 Å². The van der Waals surface area contributed by atoms with Gasteiger partial charge in [0.1, 0.15) is 0 Å². The monoisotopic (exact) mass is 264 g/mol. The Balaban J connectivity index is 1.50. The molecule has 4 atom stereocenters. The summed E-state index contributed by atoms with van der Waals surface area (Å²) in [5.41, 5.74) is 0. The molecule has 0 bridgehead atoms. The third-order valence-corrected chi connectivity index (χ3v) is 6.11. The summed E-state index contributed by atoms with van der Waals surface area (Å²) in [7, 11) is 0. The maximum Gasteiger partial charge on any atom is 0.0198 e. The molecule has 0 aromatic carbocycles. The molecular formula is C17H32N2. The highest BCUT2D eigenvalue weighted by Crippen LogP contribution is 2.35. The molecule has 2 saturated carbocycles. The van der Waals surface area contributed by atoms with Crippen molar-refractivity contribution in [3.63, 3.8) is 0 Å². The minimum Gasteiger partial charge on any atom is -0.312 e. The Morgan fingerprint density at radius 1 is 1.05 bits per heavy atom. The molecule has 0 aromatic rings. The van der Waals surface area contributed by atoms with Gasteiger partial charge in [-0.05, 0) is 56.4 Å². The molecule has 3 aliphatic rings. The van der Waals surface area contributed by atoms with E-state index in [-0.39, 0.29) is 0 Å². The molecule has 2 aliphatic carbocycles. The van der Waals surface area contributed by atoms with Crippen LogP contribution in [0.1, 0.15) is 58.8 Å². The number of rotatable bonds is 5. The minimum absolute atomic E-state index is 0.770. The second-order valence-corrected chi connectivity index (χ2v) is 7.49. The summed E-state index contributed by atoms with van der Waals surface area (Å²) < 4.78 is 0. The first kappa shape index (κ1) is 13.9. The van der Waals surface area contributed by atoms with E-state index in [4.69, 9.17) is 0 Å². The van der Waals surface area contributed by atoms with Crippen LogP contribution in [0.15, 0.2) is 0 Å². The van der Waals surface area contributed by atoms with Gasteiger partial charge in [0.25, 0.3) is 0 Å². The van der Waals surface area contributed by atoms with Crippen LogP contribution in [0.3, 0.4) is 0 Å². The molecule has 3 rings (SSSR count). The highest BCUT2D eigenvalue weighted by Gasteiger charge is 2.37. The molecule has 3 fully saturated rings. The molecule has 2 heteroatoms. The van der Waals surface area contributed by atoms with Crippen LogP contribution in [0.5, 0.6) is 0 Å². The molecule has 1 N–H and O–H groups in total. The normalized spacial score (nSPS) is 40.7. The number of nitrogens with one attached hydrogen (secondary N) is 1. The van der Waals surface area contributed by atoms with E-state index in [0.29, 0.717) is 0 Å². The summed E-state index contributed by atoms with van der Waals surface area (Å²) in [6, 6.07) is 1.68. The van der Waals surface area contributed by atoms with Crippen molar-refractivity contribution in [2.75, 3.05) is 19.6 Å². The standard InChI is InChI=1S/C17H32N2/c1-3-14-9-16(18-10-15-5-4-6-15)12-19(11-14)17-8-7-13(17)2/h13-18H,3-12H2,1-2H3. The van der Waals surface area contributed by atoms with Gasteiger partial charge >= 0.3 is 0 Å². The minimum atomic E-state index is 0.770. The van der Waals surface area contributed by atoms with Crippen molar-refractivity contribution in [1.82, 2.24) is 10.2 Å². The summed E-state index contributed by atoms with van der Waals surface area (Å²) in [6.45, 7) is 8.79. The lowest BCUT2D eigenvalue weighted by molar-refractivity contribution is 0.0209. The lowest BCUT2D eigenvalue weighted by atomic mass is 9.78. The van der Waals surface area contributed by atoms with Crippen LogP contribution < -0.4 is 5.32 Å². The summed E-state index contributed by atoms with van der Waals surface area (Å²) in [4.78, 5) is 2.82. The largest absolute Gasteiger partial charge is 0.312 e. The Morgan fingerprint density at radius 2 is 1.89 bits per heavy atom. The van der Waals surface area contributed by atoms with Gasteiger partial charge in [0, 0.05) is 25.2 Å². The van der Waals surface area contributed by atoms with E-state index in [1.54, 1.807) is 0 Å². The van der Waals surface area contributed by atoms with Crippen LogP contribution in [0.4, 0.5) is 0 Å². The van der Waals surface area contributed by atoms with E-state index in [0.717, 1.165) is 29.8 Å². The van der Waals surface area contributed by atoms with Crippen LogP contribution in [0, 0.1) is 17.8 Å². The van der Waals surface area contributed by atoms with Crippen molar-refractivity contribution >= 4 is 0 Å². The molecule has 0 amide bonds. The van der Waals surface area contributed by atoms with Crippen molar-refractivity contribution in [3.05, 3.63) is 0 Å². The molecule has 1 saturated heterocycles. The van der Waals surface area contributed by atoms with E-state index in [2.05, 4.69) is 24.1 Å². The first-order valence-electron chi connectivity index (χ1n) is 8.73. The lowest BCUT2D eigenvalue weighted by Gasteiger charge is -2.48. The van der Waals surface area contributed by atoms with Gasteiger partial charge in [0.05, 0.1) is 0 Å². The highest BCUT2D eigenvalue weighted by molar-refractivity contribution is 4.93. The predicted octanol–water partition coefficient (Wildman–Crippen LogP) is 3.28. The third kappa shape index (κ3) is 3.16. The molecule has 110 valence electrons. The zero-order valence-corrected chi connectivity index (χ0v) is 12.9. The number of hydrogen-bond acceptors (Lipinski definition) is 2. The first-order chi connectivity index (χ1) is 9.26. The molecule has 0 spiro atoms. The van der Waals surface area contributed by atoms with Gasteiger partial charge in [-0.15, -0.1) is 0 Å². The van der Waals surface area contributed by atoms with E-state index in [9.17, 15) is 0 Å². The molecule has 19 heavy (non-hydrogen) atoms. The SMILES string of the molecule is CCC1CC(NCC2CCC2)CN(C2CCC2C)C1. The quantitative estimate of drug-likeness (QED) is 0.820. The van der Waals surface area contributed by atoms with E-state index in [1.165, 1.54) is 64.6 Å². The first-order valence-corrected chi connectivity index (χ1v) is 8.73. The number of hydrogen-bond donors (Lipinski definition) is 1.